The quantitative estimate of drug-likeness (QED) is 0.510. The zero-order chi connectivity index (χ0) is 17.8. The van der Waals surface area contributed by atoms with E-state index in [1.807, 2.05) is 0 Å². The van der Waals surface area contributed by atoms with Gasteiger partial charge in [0, 0.05) is 56.5 Å². The molecule has 5 heteroatoms. The van der Waals surface area contributed by atoms with E-state index in [0.29, 0.717) is 5.41 Å². The lowest BCUT2D eigenvalue weighted by Crippen LogP contribution is -2.41. The molecule has 2 saturated heterocycles. The molecule has 1 aromatic heterocycles. The van der Waals surface area contributed by atoms with Crippen LogP contribution in [0.25, 0.3) is 10.9 Å². The van der Waals surface area contributed by atoms with E-state index in [-0.39, 0.29) is 0 Å². The number of aliphatic imine (C=N–C) groups is 1. The Morgan fingerprint density at radius 1 is 1.27 bits per heavy atom. The Kier molecular flexibility index (Phi) is 5.16. The summed E-state index contributed by atoms with van der Waals surface area (Å²) in [4.78, 5) is 7.34. The molecule has 26 heavy (non-hydrogen) atoms. The van der Waals surface area contributed by atoms with E-state index in [0.717, 1.165) is 58.3 Å². The second-order valence-electron chi connectivity index (χ2n) is 7.63. The number of fused-ring (bicyclic) bond motifs is 1. The number of guanidine groups is 1. The van der Waals surface area contributed by atoms with Gasteiger partial charge < -0.3 is 19.5 Å². The normalized spacial score (nSPS) is 23.4. The van der Waals surface area contributed by atoms with Gasteiger partial charge in [-0.2, -0.15) is 0 Å². The number of nitrogens with zero attached hydrogens (tertiary/aromatic N) is 3. The first kappa shape index (κ1) is 17.4. The molecule has 0 amide bonds. The molecule has 2 fully saturated rings. The molecular weight excluding hydrogens is 324 g/mol. The number of aromatic nitrogens is 1. The predicted octanol–water partition coefficient (Wildman–Crippen LogP) is 3.11. The van der Waals surface area contributed by atoms with Crippen LogP contribution in [0.5, 0.6) is 0 Å². The van der Waals surface area contributed by atoms with E-state index in [2.05, 4.69) is 58.2 Å². The van der Waals surface area contributed by atoms with Crippen molar-refractivity contribution in [3.8, 4) is 0 Å². The number of hydrogen-bond acceptors (Lipinski definition) is 2. The van der Waals surface area contributed by atoms with E-state index in [1.165, 1.54) is 23.7 Å². The summed E-state index contributed by atoms with van der Waals surface area (Å²) in [6.07, 6.45) is 5.66. The van der Waals surface area contributed by atoms with Gasteiger partial charge in [0.15, 0.2) is 5.96 Å². The second kappa shape index (κ2) is 7.70. The Bertz CT molecular complexity index is 760. The van der Waals surface area contributed by atoms with Crippen LogP contribution in [0.1, 0.15) is 26.2 Å². The van der Waals surface area contributed by atoms with Gasteiger partial charge in [-0.25, -0.2) is 0 Å². The topological polar surface area (TPSA) is 41.8 Å². The van der Waals surface area contributed by atoms with Crippen LogP contribution in [0.2, 0.25) is 0 Å². The number of ether oxygens (including phenoxy) is 1. The summed E-state index contributed by atoms with van der Waals surface area (Å²) >= 11 is 0. The van der Waals surface area contributed by atoms with Crippen LogP contribution in [0, 0.1) is 5.41 Å². The monoisotopic (exact) mass is 354 g/mol. The van der Waals surface area contributed by atoms with Crippen molar-refractivity contribution in [3.63, 3.8) is 0 Å². The van der Waals surface area contributed by atoms with E-state index < -0.39 is 0 Å². The van der Waals surface area contributed by atoms with Crippen LogP contribution < -0.4 is 5.32 Å². The van der Waals surface area contributed by atoms with Crippen LogP contribution in [0.3, 0.4) is 0 Å². The summed E-state index contributed by atoms with van der Waals surface area (Å²) in [7, 11) is 0. The molecule has 0 bridgehead atoms. The SMILES string of the molecule is CCNC(=NCCCn1ccc2ccccc21)N1CCC2(CCOC2)C1. The Morgan fingerprint density at radius 2 is 2.19 bits per heavy atom. The maximum atomic E-state index is 5.66. The molecule has 1 N–H and O–H groups in total. The van der Waals surface area contributed by atoms with Crippen molar-refractivity contribution in [3.05, 3.63) is 36.5 Å². The molecule has 5 nitrogen and oxygen atoms in total. The molecule has 2 aromatic rings. The van der Waals surface area contributed by atoms with Crippen LogP contribution >= 0.6 is 0 Å². The maximum Gasteiger partial charge on any atom is 0.193 e. The van der Waals surface area contributed by atoms with Crippen molar-refractivity contribution < 1.29 is 4.74 Å². The van der Waals surface area contributed by atoms with Crippen molar-refractivity contribution in [1.82, 2.24) is 14.8 Å². The Balaban J connectivity index is 1.34. The molecule has 3 heterocycles. The van der Waals surface area contributed by atoms with Crippen LogP contribution in [0.4, 0.5) is 0 Å². The number of likely N-dealkylation sites (tertiary alicyclic amines) is 1. The minimum Gasteiger partial charge on any atom is -0.381 e. The van der Waals surface area contributed by atoms with Gasteiger partial charge >= 0.3 is 0 Å². The predicted molar refractivity (Wildman–Crippen MR) is 107 cm³/mol. The van der Waals surface area contributed by atoms with Crippen molar-refractivity contribution in [2.24, 2.45) is 10.4 Å². The summed E-state index contributed by atoms with van der Waals surface area (Å²) in [5, 5.41) is 4.79. The molecule has 2 aliphatic rings. The number of hydrogen-bond donors (Lipinski definition) is 1. The van der Waals surface area contributed by atoms with Crippen molar-refractivity contribution in [2.75, 3.05) is 39.4 Å². The lowest BCUT2D eigenvalue weighted by molar-refractivity contribution is 0.156. The molecule has 1 unspecified atom stereocenters. The average Bonchev–Trinajstić information content (AvgIpc) is 3.39. The maximum absolute atomic E-state index is 5.66. The molecule has 1 aromatic carbocycles. The minimum atomic E-state index is 0.375. The summed E-state index contributed by atoms with van der Waals surface area (Å²) in [5.41, 5.74) is 1.69. The second-order valence-corrected chi connectivity index (χ2v) is 7.63. The highest BCUT2D eigenvalue weighted by Gasteiger charge is 2.42. The van der Waals surface area contributed by atoms with Crippen LogP contribution in [0.15, 0.2) is 41.5 Å². The Morgan fingerprint density at radius 3 is 3.04 bits per heavy atom. The van der Waals surface area contributed by atoms with Crippen molar-refractivity contribution in [1.29, 1.82) is 0 Å². The highest BCUT2D eigenvalue weighted by molar-refractivity contribution is 5.80. The first-order valence-electron chi connectivity index (χ1n) is 9.95. The van der Waals surface area contributed by atoms with Crippen molar-refractivity contribution >= 4 is 16.9 Å². The molecule has 1 spiro atoms. The first-order chi connectivity index (χ1) is 12.8. The number of nitrogens with one attached hydrogen (secondary N) is 1. The lowest BCUT2D eigenvalue weighted by atomic mass is 9.87. The zero-order valence-electron chi connectivity index (χ0n) is 15.8. The van der Waals surface area contributed by atoms with E-state index in [1.54, 1.807) is 0 Å². The molecule has 0 radical (unpaired) electrons. The molecular formula is C21H30N4O. The third kappa shape index (κ3) is 3.58. The standard InChI is InChI=1S/C21H30N4O/c1-2-22-20(25-14-9-21(16-25)10-15-26-17-21)23-11-5-12-24-13-8-18-6-3-4-7-19(18)24/h3-4,6-8,13H,2,5,9-12,14-17H2,1H3,(H,22,23). The molecule has 0 aliphatic carbocycles. The number of rotatable bonds is 5. The van der Waals surface area contributed by atoms with E-state index in [4.69, 9.17) is 9.73 Å². The third-order valence-corrected chi connectivity index (χ3v) is 5.76. The molecule has 4 rings (SSSR count). The summed E-state index contributed by atoms with van der Waals surface area (Å²) in [5.74, 6) is 1.08. The largest absolute Gasteiger partial charge is 0.381 e. The molecule has 140 valence electrons. The molecule has 0 saturated carbocycles. The Labute approximate surface area is 156 Å². The van der Waals surface area contributed by atoms with Gasteiger partial charge in [-0.05, 0) is 43.7 Å². The fourth-order valence-electron chi connectivity index (χ4n) is 4.27. The molecule has 1 atom stereocenters. The summed E-state index contributed by atoms with van der Waals surface area (Å²) < 4.78 is 7.99. The number of para-hydroxylation sites is 1. The highest BCUT2D eigenvalue weighted by Crippen LogP contribution is 2.38. The van der Waals surface area contributed by atoms with Crippen LogP contribution in [-0.4, -0.2) is 54.8 Å². The smallest absolute Gasteiger partial charge is 0.193 e. The van der Waals surface area contributed by atoms with Gasteiger partial charge in [-0.3, -0.25) is 4.99 Å². The van der Waals surface area contributed by atoms with Gasteiger partial charge in [0.25, 0.3) is 0 Å². The third-order valence-electron chi connectivity index (χ3n) is 5.76. The van der Waals surface area contributed by atoms with Gasteiger partial charge in [0.2, 0.25) is 0 Å². The zero-order valence-corrected chi connectivity index (χ0v) is 15.8. The van der Waals surface area contributed by atoms with E-state index in [9.17, 15) is 0 Å². The van der Waals surface area contributed by atoms with Gasteiger partial charge in [0.1, 0.15) is 0 Å². The number of benzene rings is 1. The summed E-state index contributed by atoms with van der Waals surface area (Å²) in [6, 6.07) is 10.8. The average molecular weight is 354 g/mol. The summed E-state index contributed by atoms with van der Waals surface area (Å²) in [6.45, 7) is 8.95. The fourth-order valence-corrected chi connectivity index (χ4v) is 4.27. The van der Waals surface area contributed by atoms with Crippen molar-refractivity contribution in [2.45, 2.75) is 32.7 Å². The van der Waals surface area contributed by atoms with Gasteiger partial charge in [-0.1, -0.05) is 18.2 Å². The minimum absolute atomic E-state index is 0.375. The molecule has 2 aliphatic heterocycles. The lowest BCUT2D eigenvalue weighted by Gasteiger charge is -2.25. The fraction of sp³-hybridized carbons (Fsp3) is 0.571. The van der Waals surface area contributed by atoms with Crippen LogP contribution in [-0.2, 0) is 11.3 Å². The Hall–Kier alpha value is -2.01. The number of aryl methyl sites for hydroxylation is 1. The van der Waals surface area contributed by atoms with Gasteiger partial charge in [-0.15, -0.1) is 0 Å². The first-order valence-corrected chi connectivity index (χ1v) is 9.95. The van der Waals surface area contributed by atoms with E-state index >= 15 is 0 Å². The van der Waals surface area contributed by atoms with Gasteiger partial charge in [0.05, 0.1) is 6.61 Å². The highest BCUT2D eigenvalue weighted by atomic mass is 16.5.